The molecule has 0 radical (unpaired) electrons. The zero-order valence-corrected chi connectivity index (χ0v) is 38.1. The molecule has 14 nitrogen and oxygen atoms in total. The fraction of sp³-hybridized carbons (Fsp3) is 0.854. The molecule has 2 rings (SSSR count). The molecule has 2 aliphatic rings. The monoisotopic (exact) mass is 887 g/mol. The fourth-order valence-corrected chi connectivity index (χ4v) is 7.47. The van der Waals surface area contributed by atoms with E-state index in [2.05, 4.69) is 50.3 Å². The second-order valence-electron chi connectivity index (χ2n) is 16.9. The third-order valence-corrected chi connectivity index (χ3v) is 11.4. The predicted molar refractivity (Wildman–Crippen MR) is 238 cm³/mol. The Morgan fingerprint density at radius 3 is 1.63 bits per heavy atom. The van der Waals surface area contributed by atoms with Crippen LogP contribution in [0.15, 0.2) is 36.5 Å². The lowest BCUT2D eigenvalue weighted by Crippen LogP contribution is -2.61. The van der Waals surface area contributed by atoms with Gasteiger partial charge in [0, 0.05) is 13.0 Å². The number of hydrogen-bond acceptors (Lipinski definition) is 14. The summed E-state index contributed by atoms with van der Waals surface area (Å²) >= 11 is 0. The highest BCUT2D eigenvalue weighted by Gasteiger charge is 2.47. The van der Waals surface area contributed by atoms with Crippen molar-refractivity contribution in [2.75, 3.05) is 33.0 Å². The third-order valence-electron chi connectivity index (χ3n) is 11.4. The molecule has 11 atom stereocenters. The molecule has 2 heterocycles. The lowest BCUT2D eigenvalue weighted by Gasteiger charge is -2.42. The first-order valence-electron chi connectivity index (χ1n) is 24.1. The summed E-state index contributed by atoms with van der Waals surface area (Å²) in [5.41, 5.74) is 0. The minimum atomic E-state index is -1.71. The molecule has 62 heavy (non-hydrogen) atoms. The normalized spacial score (nSPS) is 27.5. The van der Waals surface area contributed by atoms with Crippen LogP contribution in [0, 0.1) is 0 Å². The first-order valence-corrected chi connectivity index (χ1v) is 24.1. The predicted octanol–water partition coefficient (Wildman–Crippen LogP) is 6.24. The minimum absolute atomic E-state index is 0.0517. The first-order chi connectivity index (χ1) is 30.1. The molecule has 362 valence electrons. The molecule has 0 bridgehead atoms. The standard InChI is InChI=1S/C48H86O14/c1-3-5-7-9-11-13-15-17-18-20-22-24-26-28-30-32-57-34-37(60-40(50)31-29-27-25-23-21-19-16-14-12-10-8-6-4-2)35-58-47-46(56)44(54)42(52)39(62-47)36-59-48-45(55)43(53)41(51)38(33-49)61-48/h6,8,12,14,19,21,37-39,41-49,51-56H,3-5,7,9-11,13,15-18,20,22-36H2,1-2H3/b8-6-,14-12-,21-19-. The number of unbranched alkanes of at least 4 members (excludes halogenated alkanes) is 17. The quantitative estimate of drug-likeness (QED) is 0.0209. The van der Waals surface area contributed by atoms with E-state index in [4.69, 9.17) is 28.4 Å². The number of aliphatic hydroxyl groups excluding tert-OH is 7. The van der Waals surface area contributed by atoms with Gasteiger partial charge in [-0.3, -0.25) is 4.79 Å². The molecule has 0 aliphatic carbocycles. The van der Waals surface area contributed by atoms with Crippen molar-refractivity contribution in [2.45, 2.75) is 229 Å². The van der Waals surface area contributed by atoms with Gasteiger partial charge in [-0.15, -0.1) is 0 Å². The van der Waals surface area contributed by atoms with Crippen LogP contribution in [0.1, 0.15) is 162 Å². The van der Waals surface area contributed by atoms with Crippen molar-refractivity contribution in [3.05, 3.63) is 36.5 Å². The number of aliphatic hydroxyl groups is 7. The number of ether oxygens (including phenoxy) is 6. The van der Waals surface area contributed by atoms with Crippen LogP contribution in [0.5, 0.6) is 0 Å². The molecule has 11 unspecified atom stereocenters. The van der Waals surface area contributed by atoms with Gasteiger partial charge >= 0.3 is 5.97 Å². The molecule has 2 saturated heterocycles. The summed E-state index contributed by atoms with van der Waals surface area (Å²) in [4.78, 5) is 12.9. The highest BCUT2D eigenvalue weighted by Crippen LogP contribution is 2.26. The number of allylic oxidation sites excluding steroid dienone is 6. The van der Waals surface area contributed by atoms with E-state index in [9.17, 15) is 40.5 Å². The molecule has 7 N–H and O–H groups in total. The average molecular weight is 887 g/mol. The first kappa shape index (κ1) is 56.3. The lowest BCUT2D eigenvalue weighted by molar-refractivity contribution is -0.332. The highest BCUT2D eigenvalue weighted by molar-refractivity contribution is 5.69. The zero-order valence-electron chi connectivity index (χ0n) is 38.1. The minimum Gasteiger partial charge on any atom is -0.457 e. The van der Waals surface area contributed by atoms with Crippen molar-refractivity contribution < 1.29 is 69.0 Å². The number of carbonyl (C=O) groups is 1. The molecule has 14 heteroatoms. The average Bonchev–Trinajstić information content (AvgIpc) is 3.27. The maximum atomic E-state index is 12.9. The van der Waals surface area contributed by atoms with Crippen LogP contribution in [0.3, 0.4) is 0 Å². The van der Waals surface area contributed by atoms with Crippen molar-refractivity contribution in [1.82, 2.24) is 0 Å². The van der Waals surface area contributed by atoms with E-state index in [1.165, 1.54) is 77.0 Å². The Morgan fingerprint density at radius 2 is 1.05 bits per heavy atom. The summed E-state index contributed by atoms with van der Waals surface area (Å²) in [7, 11) is 0. The Bertz CT molecular complexity index is 1170. The number of esters is 1. The van der Waals surface area contributed by atoms with Gasteiger partial charge in [0.1, 0.15) is 54.9 Å². The van der Waals surface area contributed by atoms with E-state index >= 15 is 0 Å². The van der Waals surface area contributed by atoms with Gasteiger partial charge in [-0.2, -0.15) is 0 Å². The largest absolute Gasteiger partial charge is 0.457 e. The van der Waals surface area contributed by atoms with Crippen molar-refractivity contribution in [1.29, 1.82) is 0 Å². The second kappa shape index (κ2) is 36.4. The molecular weight excluding hydrogens is 801 g/mol. The van der Waals surface area contributed by atoms with E-state index in [1.54, 1.807) is 0 Å². The van der Waals surface area contributed by atoms with Crippen LogP contribution in [-0.2, 0) is 33.2 Å². The fourth-order valence-electron chi connectivity index (χ4n) is 7.47. The summed E-state index contributed by atoms with van der Waals surface area (Å²) in [6, 6.07) is 0. The van der Waals surface area contributed by atoms with Gasteiger partial charge in [0.25, 0.3) is 0 Å². The smallest absolute Gasteiger partial charge is 0.306 e. The molecule has 0 aromatic carbocycles. The van der Waals surface area contributed by atoms with Crippen molar-refractivity contribution >= 4 is 5.97 Å². The Hall–Kier alpha value is -1.79. The molecule has 0 aromatic heterocycles. The Balaban J connectivity index is 1.80. The van der Waals surface area contributed by atoms with Gasteiger partial charge in [-0.1, -0.05) is 147 Å². The molecule has 2 fully saturated rings. The van der Waals surface area contributed by atoms with E-state index in [0.29, 0.717) is 13.0 Å². The zero-order chi connectivity index (χ0) is 45.2. The van der Waals surface area contributed by atoms with Gasteiger partial charge in [0.05, 0.1) is 26.4 Å². The number of carbonyl (C=O) groups excluding carboxylic acids is 1. The van der Waals surface area contributed by atoms with Crippen LogP contribution < -0.4 is 0 Å². The Kier molecular flexibility index (Phi) is 33.1. The van der Waals surface area contributed by atoms with Gasteiger partial charge in [0.2, 0.25) is 0 Å². The molecule has 0 saturated carbocycles. The highest BCUT2D eigenvalue weighted by atomic mass is 16.7. The lowest BCUT2D eigenvalue weighted by atomic mass is 9.98. The molecule has 0 amide bonds. The summed E-state index contributed by atoms with van der Waals surface area (Å²) in [5.74, 6) is -0.404. The van der Waals surface area contributed by atoms with Gasteiger partial charge in [-0.25, -0.2) is 0 Å². The second-order valence-corrected chi connectivity index (χ2v) is 16.9. The number of rotatable bonds is 37. The van der Waals surface area contributed by atoms with Gasteiger partial charge < -0.3 is 64.2 Å². The van der Waals surface area contributed by atoms with Gasteiger partial charge in [-0.05, 0) is 44.9 Å². The molecule has 0 spiro atoms. The Morgan fingerprint density at radius 1 is 0.548 bits per heavy atom. The molecule has 2 aliphatic heterocycles. The van der Waals surface area contributed by atoms with Crippen molar-refractivity contribution in [2.24, 2.45) is 0 Å². The van der Waals surface area contributed by atoms with Crippen molar-refractivity contribution in [3.63, 3.8) is 0 Å². The maximum Gasteiger partial charge on any atom is 0.306 e. The molecular formula is C48H86O14. The maximum absolute atomic E-state index is 12.9. The van der Waals surface area contributed by atoms with Crippen LogP contribution in [-0.4, -0.2) is 142 Å². The summed E-state index contributed by atoms with van der Waals surface area (Å²) in [6.45, 7) is 3.53. The van der Waals surface area contributed by atoms with E-state index in [1.807, 2.05) is 0 Å². The van der Waals surface area contributed by atoms with Crippen LogP contribution in [0.25, 0.3) is 0 Å². The summed E-state index contributed by atoms with van der Waals surface area (Å²) in [5, 5.41) is 72.0. The topological polar surface area (TPSA) is 214 Å². The summed E-state index contributed by atoms with van der Waals surface area (Å²) in [6.07, 6.45) is 22.1. The SMILES string of the molecule is CC/C=C\C/C=C\C/C=C\CCCCCC(=O)OC(COCCCCCCCCCCCCCCCCC)COC1OC(COC2OC(CO)C(O)C(O)C2O)C(O)C(O)C1O. The van der Waals surface area contributed by atoms with E-state index in [0.717, 1.165) is 57.8 Å². The van der Waals surface area contributed by atoms with Crippen LogP contribution >= 0.6 is 0 Å². The Labute approximate surface area is 372 Å². The van der Waals surface area contributed by atoms with Crippen LogP contribution in [0.2, 0.25) is 0 Å². The van der Waals surface area contributed by atoms with Gasteiger partial charge in [0.15, 0.2) is 12.6 Å². The molecule has 0 aromatic rings. The summed E-state index contributed by atoms with van der Waals surface area (Å²) < 4.78 is 34.2. The number of hydrogen-bond donors (Lipinski definition) is 7. The third kappa shape index (κ3) is 24.5. The van der Waals surface area contributed by atoms with Crippen LogP contribution in [0.4, 0.5) is 0 Å². The van der Waals surface area contributed by atoms with E-state index in [-0.39, 0.29) is 19.6 Å². The van der Waals surface area contributed by atoms with E-state index < -0.39 is 86.7 Å². The van der Waals surface area contributed by atoms with Crippen molar-refractivity contribution in [3.8, 4) is 0 Å².